The number of amides is 2. The molecule has 0 saturated heterocycles. The molecule has 3 heterocycles. The van der Waals surface area contributed by atoms with Crippen LogP contribution in [-0.2, 0) is 4.79 Å². The van der Waals surface area contributed by atoms with Crippen LogP contribution in [0.5, 0.6) is 0 Å². The lowest BCUT2D eigenvalue weighted by molar-refractivity contribution is -0.117. The van der Waals surface area contributed by atoms with E-state index in [0.717, 1.165) is 19.5 Å². The number of likely N-dealkylation sites (N-methyl/N-ethyl adjacent to an activating group) is 1. The molecule has 2 aliphatic heterocycles. The number of nitrogens with zero attached hydrogens (tertiary/aromatic N) is 3. The van der Waals surface area contributed by atoms with E-state index < -0.39 is 0 Å². The van der Waals surface area contributed by atoms with Crippen molar-refractivity contribution in [3.8, 4) is 0 Å². The minimum atomic E-state index is -0.232. The number of hydrogen-bond donors (Lipinski definition) is 1. The topological polar surface area (TPSA) is 65.5 Å². The van der Waals surface area contributed by atoms with Crippen molar-refractivity contribution < 1.29 is 9.59 Å². The predicted molar refractivity (Wildman–Crippen MR) is 105 cm³/mol. The Morgan fingerprint density at radius 2 is 2.04 bits per heavy atom. The second kappa shape index (κ2) is 6.96. The first-order chi connectivity index (χ1) is 13.0. The fraction of sp³-hybridized carbons (Fsp3) is 0.286. The summed E-state index contributed by atoms with van der Waals surface area (Å²) in [4.78, 5) is 34.2. The molecule has 4 rings (SSSR count). The Labute approximate surface area is 158 Å². The number of anilines is 3. The minimum Gasteiger partial charge on any atom is -0.319 e. The molecule has 1 aromatic heterocycles. The van der Waals surface area contributed by atoms with E-state index in [4.69, 9.17) is 0 Å². The van der Waals surface area contributed by atoms with Gasteiger partial charge in [-0.1, -0.05) is 23.3 Å². The number of pyridine rings is 1. The summed E-state index contributed by atoms with van der Waals surface area (Å²) in [6.07, 6.45) is 2.85. The molecule has 0 saturated carbocycles. The summed E-state index contributed by atoms with van der Waals surface area (Å²) in [7, 11) is 2.09. The highest BCUT2D eigenvalue weighted by Gasteiger charge is 2.30. The molecule has 6 heteroatoms. The summed E-state index contributed by atoms with van der Waals surface area (Å²) in [5.41, 5.74) is 4.01. The Balaban J connectivity index is 1.77. The predicted octanol–water partition coefficient (Wildman–Crippen LogP) is 3.35. The van der Waals surface area contributed by atoms with Crippen molar-refractivity contribution in [2.45, 2.75) is 19.8 Å². The molecule has 0 spiro atoms. The molecule has 0 radical (unpaired) electrons. The van der Waals surface area contributed by atoms with Crippen molar-refractivity contribution in [1.29, 1.82) is 0 Å². The van der Waals surface area contributed by atoms with Crippen LogP contribution in [0.4, 0.5) is 17.2 Å². The summed E-state index contributed by atoms with van der Waals surface area (Å²) in [6, 6.07) is 10.7. The summed E-state index contributed by atoms with van der Waals surface area (Å²) in [6.45, 7) is 3.92. The summed E-state index contributed by atoms with van der Waals surface area (Å²) < 4.78 is 0. The fourth-order valence-electron chi connectivity index (χ4n) is 3.73. The van der Waals surface area contributed by atoms with Gasteiger partial charge in [-0.2, -0.15) is 0 Å². The van der Waals surface area contributed by atoms with Crippen LogP contribution in [0, 0.1) is 0 Å². The van der Waals surface area contributed by atoms with Gasteiger partial charge in [0, 0.05) is 25.7 Å². The summed E-state index contributed by atoms with van der Waals surface area (Å²) >= 11 is 0. The van der Waals surface area contributed by atoms with Gasteiger partial charge in [0.2, 0.25) is 5.91 Å². The monoisotopic (exact) mass is 362 g/mol. The van der Waals surface area contributed by atoms with Crippen LogP contribution in [0.15, 0.2) is 53.7 Å². The number of para-hydroxylation sites is 1. The molecular weight excluding hydrogens is 340 g/mol. The van der Waals surface area contributed by atoms with Gasteiger partial charge in [0.05, 0.1) is 16.9 Å². The van der Waals surface area contributed by atoms with Crippen LogP contribution in [0.1, 0.15) is 30.1 Å². The van der Waals surface area contributed by atoms with Crippen molar-refractivity contribution in [3.05, 3.63) is 59.3 Å². The average molecular weight is 362 g/mol. The summed E-state index contributed by atoms with van der Waals surface area (Å²) in [5.74, 6) is 0.162. The zero-order valence-corrected chi connectivity index (χ0v) is 15.5. The molecule has 27 heavy (non-hydrogen) atoms. The van der Waals surface area contributed by atoms with Crippen LogP contribution in [0.2, 0.25) is 0 Å². The number of nitrogens with one attached hydrogen (secondary N) is 1. The maximum atomic E-state index is 13.4. The highest BCUT2D eigenvalue weighted by Crippen LogP contribution is 2.37. The third-order valence-corrected chi connectivity index (χ3v) is 5.16. The van der Waals surface area contributed by atoms with E-state index in [-0.39, 0.29) is 11.8 Å². The standard InChI is InChI=1S/C21H22N4O2/c1-14-13-24(2)11-9-15(14)12-19(26)25-18-8-4-3-6-16(18)21(27)23-17-7-5-10-22-20(17)25/h3-8,10H,9,11-13H2,1-2H3,(H,23,27). The van der Waals surface area contributed by atoms with Gasteiger partial charge >= 0.3 is 0 Å². The zero-order valence-electron chi connectivity index (χ0n) is 15.5. The molecular formula is C21H22N4O2. The quantitative estimate of drug-likeness (QED) is 0.832. The van der Waals surface area contributed by atoms with Crippen LogP contribution in [-0.4, -0.2) is 41.8 Å². The molecule has 2 amide bonds. The molecule has 0 unspecified atom stereocenters. The molecule has 6 nitrogen and oxygen atoms in total. The van der Waals surface area contributed by atoms with E-state index in [1.54, 1.807) is 41.4 Å². The Morgan fingerprint density at radius 3 is 2.85 bits per heavy atom. The lowest BCUT2D eigenvalue weighted by Gasteiger charge is -2.28. The zero-order chi connectivity index (χ0) is 19.0. The fourth-order valence-corrected chi connectivity index (χ4v) is 3.73. The number of carbonyl (C=O) groups is 2. The minimum absolute atomic E-state index is 0.0715. The maximum Gasteiger partial charge on any atom is 0.257 e. The smallest absolute Gasteiger partial charge is 0.257 e. The lowest BCUT2D eigenvalue weighted by atomic mass is 9.98. The van der Waals surface area contributed by atoms with E-state index >= 15 is 0 Å². The number of aromatic nitrogens is 1. The van der Waals surface area contributed by atoms with Crippen LogP contribution >= 0.6 is 0 Å². The van der Waals surface area contributed by atoms with Gasteiger partial charge in [-0.15, -0.1) is 0 Å². The second-order valence-corrected chi connectivity index (χ2v) is 7.12. The van der Waals surface area contributed by atoms with Crippen LogP contribution in [0.25, 0.3) is 0 Å². The van der Waals surface area contributed by atoms with Gasteiger partial charge in [0.25, 0.3) is 5.91 Å². The second-order valence-electron chi connectivity index (χ2n) is 7.12. The first-order valence-electron chi connectivity index (χ1n) is 9.09. The first-order valence-corrected chi connectivity index (χ1v) is 9.09. The average Bonchev–Trinajstić information content (AvgIpc) is 2.78. The van der Waals surface area contributed by atoms with E-state index in [0.29, 0.717) is 29.2 Å². The Bertz CT molecular complexity index is 951. The van der Waals surface area contributed by atoms with Gasteiger partial charge in [-0.25, -0.2) is 4.98 Å². The molecule has 2 aliphatic rings. The van der Waals surface area contributed by atoms with E-state index in [1.807, 2.05) is 6.07 Å². The van der Waals surface area contributed by atoms with Crippen LogP contribution in [0.3, 0.4) is 0 Å². The van der Waals surface area contributed by atoms with Crippen molar-refractivity contribution >= 4 is 29.0 Å². The van der Waals surface area contributed by atoms with E-state index in [9.17, 15) is 9.59 Å². The van der Waals surface area contributed by atoms with Crippen molar-refractivity contribution in [3.63, 3.8) is 0 Å². The third kappa shape index (κ3) is 3.24. The van der Waals surface area contributed by atoms with Crippen molar-refractivity contribution in [2.75, 3.05) is 30.4 Å². The number of fused-ring (bicyclic) bond motifs is 2. The highest BCUT2D eigenvalue weighted by atomic mass is 16.2. The van der Waals surface area contributed by atoms with E-state index in [2.05, 4.69) is 29.2 Å². The van der Waals surface area contributed by atoms with Gasteiger partial charge in [-0.05, 0) is 44.7 Å². The largest absolute Gasteiger partial charge is 0.319 e. The highest BCUT2D eigenvalue weighted by molar-refractivity contribution is 6.17. The lowest BCUT2D eigenvalue weighted by Crippen LogP contribution is -2.31. The van der Waals surface area contributed by atoms with Gasteiger partial charge < -0.3 is 10.2 Å². The first kappa shape index (κ1) is 17.4. The SMILES string of the molecule is CC1=C(CC(=O)N2c3ccccc3C(=O)Nc3cccnc32)CCN(C)C1. The number of rotatable bonds is 2. The number of carbonyl (C=O) groups excluding carboxylic acids is 2. The molecule has 0 atom stereocenters. The van der Waals surface area contributed by atoms with Crippen molar-refractivity contribution in [1.82, 2.24) is 9.88 Å². The Morgan fingerprint density at radius 1 is 1.22 bits per heavy atom. The molecule has 0 bridgehead atoms. The van der Waals surface area contributed by atoms with Gasteiger partial charge in [0.15, 0.2) is 5.82 Å². The maximum absolute atomic E-state index is 13.4. The summed E-state index contributed by atoms with van der Waals surface area (Å²) in [5, 5.41) is 2.87. The van der Waals surface area contributed by atoms with Crippen molar-refractivity contribution in [2.24, 2.45) is 0 Å². The normalized spacial score (nSPS) is 17.1. The number of benzene rings is 1. The molecule has 138 valence electrons. The van der Waals surface area contributed by atoms with Crippen LogP contribution < -0.4 is 10.2 Å². The molecule has 0 aliphatic carbocycles. The van der Waals surface area contributed by atoms with Gasteiger partial charge in [0.1, 0.15) is 0 Å². The Hall–Kier alpha value is -2.99. The Kier molecular flexibility index (Phi) is 4.49. The van der Waals surface area contributed by atoms with E-state index in [1.165, 1.54) is 11.1 Å². The molecule has 2 aromatic rings. The third-order valence-electron chi connectivity index (χ3n) is 5.16. The number of hydrogen-bond acceptors (Lipinski definition) is 4. The molecule has 0 fully saturated rings. The molecule has 1 aromatic carbocycles. The van der Waals surface area contributed by atoms with Gasteiger partial charge in [-0.3, -0.25) is 14.5 Å². The molecule has 1 N–H and O–H groups in total.